The van der Waals surface area contributed by atoms with E-state index in [1.807, 2.05) is 25.1 Å². The van der Waals surface area contributed by atoms with E-state index in [2.05, 4.69) is 15.9 Å². The van der Waals surface area contributed by atoms with Crippen LogP contribution in [-0.4, -0.2) is 0 Å². The molecule has 0 bridgehead atoms. The molecule has 19 heavy (non-hydrogen) atoms. The molecule has 100 valence electrons. The largest absolute Gasteiger partial charge is 0.207 e. The number of aryl methyl sites for hydroxylation is 2. The molecule has 0 nitrogen and oxygen atoms in total. The topological polar surface area (TPSA) is 0 Å². The average Bonchev–Trinajstić information content (AvgIpc) is 2.36. The van der Waals surface area contributed by atoms with Gasteiger partial charge < -0.3 is 0 Å². The van der Waals surface area contributed by atoms with Crippen LogP contribution in [0.15, 0.2) is 34.8 Å². The van der Waals surface area contributed by atoms with E-state index in [0.29, 0.717) is 10.6 Å². The Labute approximate surface area is 130 Å². The van der Waals surface area contributed by atoms with Crippen molar-refractivity contribution in [2.75, 3.05) is 0 Å². The molecule has 0 saturated heterocycles. The molecule has 0 N–H and O–H groups in total. The van der Waals surface area contributed by atoms with Gasteiger partial charge >= 0.3 is 0 Å². The van der Waals surface area contributed by atoms with Crippen LogP contribution in [0.3, 0.4) is 0 Å². The van der Waals surface area contributed by atoms with E-state index in [1.165, 1.54) is 6.07 Å². The highest BCUT2D eigenvalue weighted by Gasteiger charge is 2.17. The van der Waals surface area contributed by atoms with Gasteiger partial charge in [0.05, 0.1) is 5.38 Å². The fourth-order valence-corrected chi connectivity index (χ4v) is 2.85. The van der Waals surface area contributed by atoms with Gasteiger partial charge in [-0.1, -0.05) is 39.7 Å². The van der Waals surface area contributed by atoms with E-state index in [4.69, 9.17) is 23.2 Å². The summed E-state index contributed by atoms with van der Waals surface area (Å²) in [4.78, 5) is 0. The maximum Gasteiger partial charge on any atom is 0.127 e. The highest BCUT2D eigenvalue weighted by Crippen LogP contribution is 2.36. The van der Waals surface area contributed by atoms with Crippen molar-refractivity contribution in [3.63, 3.8) is 0 Å². The van der Waals surface area contributed by atoms with Crippen LogP contribution in [0.2, 0.25) is 5.02 Å². The smallest absolute Gasteiger partial charge is 0.127 e. The number of alkyl halides is 1. The average molecular weight is 362 g/mol. The summed E-state index contributed by atoms with van der Waals surface area (Å²) in [5.74, 6) is -0.317. The molecule has 1 unspecified atom stereocenters. The van der Waals surface area contributed by atoms with Crippen LogP contribution >= 0.6 is 39.1 Å². The van der Waals surface area contributed by atoms with E-state index in [0.717, 1.165) is 21.2 Å². The number of rotatable bonds is 2. The van der Waals surface area contributed by atoms with E-state index in [9.17, 15) is 4.39 Å². The summed E-state index contributed by atoms with van der Waals surface area (Å²) in [5, 5.41) is -0.0523. The summed E-state index contributed by atoms with van der Waals surface area (Å²) < 4.78 is 14.4. The molecule has 0 aliphatic heterocycles. The zero-order chi connectivity index (χ0) is 14.2. The normalized spacial score (nSPS) is 12.5. The zero-order valence-electron chi connectivity index (χ0n) is 10.5. The number of hydrogen-bond donors (Lipinski definition) is 0. The maximum absolute atomic E-state index is 13.4. The first-order valence-corrected chi connectivity index (χ1v) is 7.36. The lowest BCUT2D eigenvalue weighted by molar-refractivity contribution is 0.618. The fourth-order valence-electron chi connectivity index (χ4n) is 1.82. The van der Waals surface area contributed by atoms with Gasteiger partial charge in [-0.3, -0.25) is 0 Å². The molecule has 0 amide bonds. The van der Waals surface area contributed by atoms with Gasteiger partial charge in [0.1, 0.15) is 5.82 Å². The van der Waals surface area contributed by atoms with Crippen LogP contribution in [0.1, 0.15) is 27.6 Å². The summed E-state index contributed by atoms with van der Waals surface area (Å²) in [6, 6.07) is 8.90. The second-order valence-corrected chi connectivity index (χ2v) is 6.19. The van der Waals surface area contributed by atoms with Crippen molar-refractivity contribution in [3.05, 3.63) is 67.9 Å². The Morgan fingerprint density at radius 1 is 1.11 bits per heavy atom. The molecule has 0 saturated carbocycles. The highest BCUT2D eigenvalue weighted by atomic mass is 79.9. The monoisotopic (exact) mass is 360 g/mol. The lowest BCUT2D eigenvalue weighted by atomic mass is 10.0. The minimum Gasteiger partial charge on any atom is -0.207 e. The number of halogens is 4. The van der Waals surface area contributed by atoms with Crippen LogP contribution < -0.4 is 0 Å². The van der Waals surface area contributed by atoms with Crippen molar-refractivity contribution in [3.8, 4) is 0 Å². The van der Waals surface area contributed by atoms with Gasteiger partial charge in [-0.05, 0) is 54.3 Å². The first kappa shape index (κ1) is 14.8. The van der Waals surface area contributed by atoms with Crippen LogP contribution in [-0.2, 0) is 0 Å². The van der Waals surface area contributed by atoms with Crippen LogP contribution in [0, 0.1) is 19.7 Å². The molecule has 0 spiro atoms. The highest BCUT2D eigenvalue weighted by molar-refractivity contribution is 9.10. The molecule has 1 atom stereocenters. The predicted molar refractivity (Wildman–Crippen MR) is 82.7 cm³/mol. The lowest BCUT2D eigenvalue weighted by Crippen LogP contribution is -1.97. The predicted octanol–water partition coefficient (Wildman–Crippen LogP) is 6.19. The molecule has 0 aliphatic rings. The summed E-state index contributed by atoms with van der Waals surface area (Å²) in [5.41, 5.74) is 3.32. The van der Waals surface area contributed by atoms with Crippen molar-refractivity contribution in [1.29, 1.82) is 0 Å². The van der Waals surface area contributed by atoms with Crippen LogP contribution in [0.5, 0.6) is 0 Å². The van der Waals surface area contributed by atoms with E-state index >= 15 is 0 Å². The summed E-state index contributed by atoms with van der Waals surface area (Å²) in [7, 11) is 0. The molecule has 0 aromatic heterocycles. The number of hydrogen-bond acceptors (Lipinski definition) is 0. The van der Waals surface area contributed by atoms with Gasteiger partial charge in [-0.2, -0.15) is 0 Å². The summed E-state index contributed by atoms with van der Waals surface area (Å²) in [6.07, 6.45) is 0. The zero-order valence-corrected chi connectivity index (χ0v) is 13.6. The maximum atomic E-state index is 13.4. The molecule has 2 aromatic rings. The van der Waals surface area contributed by atoms with Crippen molar-refractivity contribution in [1.82, 2.24) is 0 Å². The third kappa shape index (κ3) is 3.13. The van der Waals surface area contributed by atoms with E-state index < -0.39 is 5.38 Å². The quantitative estimate of drug-likeness (QED) is 0.559. The van der Waals surface area contributed by atoms with Crippen molar-refractivity contribution >= 4 is 39.1 Å². The first-order chi connectivity index (χ1) is 8.90. The van der Waals surface area contributed by atoms with E-state index in [-0.39, 0.29) is 5.82 Å². The van der Waals surface area contributed by atoms with Gasteiger partial charge in [0.2, 0.25) is 0 Å². The van der Waals surface area contributed by atoms with Gasteiger partial charge in [0.15, 0.2) is 0 Å². The van der Waals surface area contributed by atoms with Gasteiger partial charge in [-0.15, -0.1) is 11.6 Å². The number of benzene rings is 2. The molecule has 0 aliphatic carbocycles. The van der Waals surface area contributed by atoms with Gasteiger partial charge in [0.25, 0.3) is 0 Å². The molecule has 4 heteroatoms. The standard InChI is InChI=1S/C15H12BrCl2F/c1-8-3-4-10(6-12(8)16)15(18)11-5-9(2)14(19)7-13(11)17/h3-7,15H,1-2H3. The first-order valence-electron chi connectivity index (χ1n) is 5.76. The fraction of sp³-hybridized carbons (Fsp3) is 0.200. The third-order valence-electron chi connectivity index (χ3n) is 3.04. The minimum atomic E-state index is -0.399. The third-order valence-corrected chi connectivity index (χ3v) is 4.71. The molecule has 0 heterocycles. The summed E-state index contributed by atoms with van der Waals surface area (Å²) >= 11 is 16.0. The van der Waals surface area contributed by atoms with E-state index in [1.54, 1.807) is 13.0 Å². The van der Waals surface area contributed by atoms with Crippen molar-refractivity contribution in [2.24, 2.45) is 0 Å². The lowest BCUT2D eigenvalue weighted by Gasteiger charge is -2.14. The Kier molecular flexibility index (Phi) is 4.54. The van der Waals surface area contributed by atoms with Crippen LogP contribution in [0.4, 0.5) is 4.39 Å². The second kappa shape index (κ2) is 5.82. The molecular weight excluding hydrogens is 350 g/mol. The SMILES string of the molecule is Cc1cc(C(Cl)c2ccc(C)c(Br)c2)c(Cl)cc1F. The Bertz CT molecular complexity index is 626. The molecule has 0 fully saturated rings. The second-order valence-electron chi connectivity index (χ2n) is 4.49. The Balaban J connectivity index is 2.46. The molecule has 2 rings (SSSR count). The van der Waals surface area contributed by atoms with Crippen molar-refractivity contribution in [2.45, 2.75) is 19.2 Å². The minimum absolute atomic E-state index is 0.317. The van der Waals surface area contributed by atoms with Gasteiger partial charge in [-0.25, -0.2) is 4.39 Å². The Hall–Kier alpha value is -0.570. The van der Waals surface area contributed by atoms with Gasteiger partial charge in [0, 0.05) is 9.50 Å². The van der Waals surface area contributed by atoms with Crippen molar-refractivity contribution < 1.29 is 4.39 Å². The Morgan fingerprint density at radius 3 is 2.42 bits per heavy atom. The summed E-state index contributed by atoms with van der Waals surface area (Å²) in [6.45, 7) is 3.70. The molecule has 2 aromatic carbocycles. The molecular formula is C15H12BrCl2F. The molecule has 0 radical (unpaired) electrons. The Morgan fingerprint density at radius 2 is 1.79 bits per heavy atom. The van der Waals surface area contributed by atoms with Crippen LogP contribution in [0.25, 0.3) is 0 Å².